The fourth-order valence-corrected chi connectivity index (χ4v) is 3.53. The van der Waals surface area contributed by atoms with E-state index in [2.05, 4.69) is 4.98 Å². The summed E-state index contributed by atoms with van der Waals surface area (Å²) in [4.78, 5) is 17.3. The van der Waals surface area contributed by atoms with Crippen molar-refractivity contribution in [1.29, 1.82) is 0 Å². The van der Waals surface area contributed by atoms with E-state index in [1.165, 1.54) is 0 Å². The second-order valence-electron chi connectivity index (χ2n) is 7.37. The van der Waals surface area contributed by atoms with Crippen LogP contribution in [0.15, 0.2) is 65.5 Å². The average molecular weight is 421 g/mol. The zero-order chi connectivity index (χ0) is 21.4. The Labute approximate surface area is 179 Å². The number of hydrogen-bond donors (Lipinski definition) is 2. The molecule has 5 nitrogen and oxygen atoms in total. The molecule has 0 amide bonds. The first kappa shape index (κ1) is 19.9. The molecule has 6 heteroatoms. The van der Waals surface area contributed by atoms with E-state index in [0.29, 0.717) is 21.7 Å². The fraction of sp³-hybridized carbons (Fsp3) is 0.125. The summed E-state index contributed by atoms with van der Waals surface area (Å²) < 4.78 is 5.69. The summed E-state index contributed by atoms with van der Waals surface area (Å²) in [5.74, 6) is 0.0916. The van der Waals surface area contributed by atoms with Crippen molar-refractivity contribution in [2.24, 2.45) is 0 Å². The van der Waals surface area contributed by atoms with Crippen LogP contribution in [-0.4, -0.2) is 24.2 Å². The van der Waals surface area contributed by atoms with Crippen LogP contribution in [0.2, 0.25) is 5.02 Å². The molecule has 0 saturated carbocycles. The van der Waals surface area contributed by atoms with Gasteiger partial charge in [-0.15, -0.1) is 0 Å². The topological polar surface area (TPSA) is 65.6 Å². The van der Waals surface area contributed by atoms with Gasteiger partial charge in [0.2, 0.25) is 5.75 Å². The first-order valence-electron chi connectivity index (χ1n) is 9.44. The molecular weight excluding hydrogens is 400 g/mol. The molecule has 0 fully saturated rings. The number of aromatic amines is 1. The van der Waals surface area contributed by atoms with Gasteiger partial charge in [-0.1, -0.05) is 41.4 Å². The van der Waals surface area contributed by atoms with Crippen LogP contribution in [-0.2, 0) is 0 Å². The first-order valence-corrected chi connectivity index (χ1v) is 9.82. The van der Waals surface area contributed by atoms with E-state index in [0.717, 1.165) is 22.4 Å². The molecule has 0 aliphatic heterocycles. The maximum absolute atomic E-state index is 12.5. The van der Waals surface area contributed by atoms with Crippen molar-refractivity contribution in [2.75, 3.05) is 19.0 Å². The predicted molar refractivity (Wildman–Crippen MR) is 122 cm³/mol. The van der Waals surface area contributed by atoms with E-state index >= 15 is 0 Å². The first-order chi connectivity index (χ1) is 14.3. The Kier molecular flexibility index (Phi) is 5.14. The number of anilines is 1. The molecule has 0 saturated heterocycles. The summed E-state index contributed by atoms with van der Waals surface area (Å²) in [6, 6.07) is 18.6. The van der Waals surface area contributed by atoms with Crippen LogP contribution in [0.1, 0.15) is 5.56 Å². The van der Waals surface area contributed by atoms with Crippen LogP contribution < -0.4 is 15.2 Å². The monoisotopic (exact) mass is 420 g/mol. The van der Waals surface area contributed by atoms with Crippen LogP contribution in [0.5, 0.6) is 17.2 Å². The molecule has 0 atom stereocenters. The number of fused-ring (bicyclic) bond motifs is 1. The van der Waals surface area contributed by atoms with Gasteiger partial charge in [-0.2, -0.15) is 0 Å². The SMILES string of the molecule is Cc1ccc(Oc2c(O)c3cc(-c4ccc(N(C)C)cc4)c(Cl)cc3[nH]c2=O)cc1. The highest BCUT2D eigenvalue weighted by Gasteiger charge is 2.17. The van der Waals surface area contributed by atoms with Gasteiger partial charge >= 0.3 is 0 Å². The van der Waals surface area contributed by atoms with Gasteiger partial charge in [-0.05, 0) is 48.9 Å². The minimum Gasteiger partial charge on any atom is -0.504 e. The molecule has 0 unspecified atom stereocenters. The molecule has 1 heterocycles. The summed E-state index contributed by atoms with van der Waals surface area (Å²) in [7, 11) is 3.95. The number of pyridine rings is 1. The normalized spacial score (nSPS) is 10.9. The number of nitrogens with one attached hydrogen (secondary N) is 1. The van der Waals surface area contributed by atoms with E-state index in [9.17, 15) is 9.90 Å². The lowest BCUT2D eigenvalue weighted by atomic mass is 10.0. The largest absolute Gasteiger partial charge is 0.504 e. The zero-order valence-corrected chi connectivity index (χ0v) is 17.6. The summed E-state index contributed by atoms with van der Waals surface area (Å²) in [6.07, 6.45) is 0. The molecule has 0 aliphatic rings. The van der Waals surface area contributed by atoms with Gasteiger partial charge in [0.05, 0.1) is 10.5 Å². The number of H-pyrrole nitrogens is 1. The number of nitrogens with zero attached hydrogens (tertiary/aromatic N) is 1. The van der Waals surface area contributed by atoms with Gasteiger partial charge < -0.3 is 19.7 Å². The molecule has 0 radical (unpaired) electrons. The standard InChI is InChI=1S/C24H21ClN2O3/c1-14-4-10-17(11-5-14)30-23-22(28)19-12-18(20(25)13-21(19)26-24(23)29)15-6-8-16(9-7-15)27(2)3/h4-13H,1-3H3,(H2,26,28,29). The zero-order valence-electron chi connectivity index (χ0n) is 16.9. The van der Waals surface area contributed by atoms with Gasteiger partial charge in [0, 0.05) is 30.7 Å². The lowest BCUT2D eigenvalue weighted by Crippen LogP contribution is -2.09. The van der Waals surface area contributed by atoms with Crippen molar-refractivity contribution in [3.63, 3.8) is 0 Å². The molecule has 2 N–H and O–H groups in total. The van der Waals surface area contributed by atoms with Gasteiger partial charge in [0.15, 0.2) is 5.75 Å². The Balaban J connectivity index is 1.82. The summed E-state index contributed by atoms with van der Waals surface area (Å²) in [5.41, 5.74) is 3.69. The number of ether oxygens (including phenoxy) is 1. The number of aryl methyl sites for hydroxylation is 1. The molecule has 152 valence electrons. The van der Waals surface area contributed by atoms with Crippen molar-refractivity contribution in [3.8, 4) is 28.4 Å². The van der Waals surface area contributed by atoms with Crippen molar-refractivity contribution in [1.82, 2.24) is 4.98 Å². The van der Waals surface area contributed by atoms with Crippen LogP contribution in [0, 0.1) is 6.92 Å². The van der Waals surface area contributed by atoms with Crippen LogP contribution in [0.25, 0.3) is 22.0 Å². The van der Waals surface area contributed by atoms with E-state index < -0.39 is 5.56 Å². The number of benzene rings is 3. The second-order valence-corrected chi connectivity index (χ2v) is 7.77. The van der Waals surface area contributed by atoms with Gasteiger partial charge in [-0.3, -0.25) is 4.79 Å². The Morgan fingerprint density at radius 2 is 1.67 bits per heavy atom. The lowest BCUT2D eigenvalue weighted by molar-refractivity contribution is 0.410. The van der Waals surface area contributed by atoms with Crippen LogP contribution in [0.3, 0.4) is 0 Å². The smallest absolute Gasteiger partial charge is 0.295 e. The average Bonchev–Trinajstić information content (AvgIpc) is 2.72. The number of hydrogen-bond acceptors (Lipinski definition) is 4. The van der Waals surface area contributed by atoms with E-state index in [4.69, 9.17) is 16.3 Å². The summed E-state index contributed by atoms with van der Waals surface area (Å²) in [5, 5.41) is 11.8. The van der Waals surface area contributed by atoms with Crippen molar-refractivity contribution >= 4 is 28.2 Å². The highest BCUT2D eigenvalue weighted by atomic mass is 35.5. The molecule has 30 heavy (non-hydrogen) atoms. The predicted octanol–water partition coefficient (Wildman–Crippen LogP) is 5.72. The third-order valence-corrected chi connectivity index (χ3v) is 5.28. The molecule has 0 aliphatic carbocycles. The van der Waals surface area contributed by atoms with Crippen molar-refractivity contribution in [2.45, 2.75) is 6.92 Å². The summed E-state index contributed by atoms with van der Waals surface area (Å²) >= 11 is 6.48. The summed E-state index contributed by atoms with van der Waals surface area (Å²) in [6.45, 7) is 1.96. The minimum atomic E-state index is -0.528. The highest BCUT2D eigenvalue weighted by molar-refractivity contribution is 6.34. The number of halogens is 1. The molecule has 4 rings (SSSR count). The molecule has 0 bridgehead atoms. The second kappa shape index (κ2) is 7.76. The van der Waals surface area contributed by atoms with Crippen LogP contribution in [0.4, 0.5) is 5.69 Å². The third kappa shape index (κ3) is 3.72. The van der Waals surface area contributed by atoms with Gasteiger partial charge in [-0.25, -0.2) is 0 Å². The quantitative estimate of drug-likeness (QED) is 0.443. The molecule has 1 aromatic heterocycles. The van der Waals surface area contributed by atoms with Crippen molar-refractivity contribution in [3.05, 3.63) is 81.6 Å². The Hall–Kier alpha value is -3.44. The molecule has 0 spiro atoms. The van der Waals surface area contributed by atoms with Crippen LogP contribution >= 0.6 is 11.6 Å². The number of aromatic hydroxyl groups is 1. The third-order valence-electron chi connectivity index (χ3n) is 4.97. The maximum Gasteiger partial charge on any atom is 0.295 e. The van der Waals surface area contributed by atoms with E-state index in [-0.39, 0.29) is 11.5 Å². The molecular formula is C24H21ClN2O3. The maximum atomic E-state index is 12.5. The molecule has 4 aromatic rings. The highest BCUT2D eigenvalue weighted by Crippen LogP contribution is 2.38. The Morgan fingerprint density at radius 1 is 1.00 bits per heavy atom. The van der Waals surface area contributed by atoms with E-state index in [1.807, 2.05) is 62.3 Å². The molecule has 3 aromatic carbocycles. The number of rotatable bonds is 4. The lowest BCUT2D eigenvalue weighted by Gasteiger charge is -2.14. The Bertz CT molecular complexity index is 1280. The number of aromatic nitrogens is 1. The Morgan fingerprint density at radius 3 is 2.30 bits per heavy atom. The minimum absolute atomic E-state index is 0.150. The van der Waals surface area contributed by atoms with Crippen molar-refractivity contribution < 1.29 is 9.84 Å². The van der Waals surface area contributed by atoms with Gasteiger partial charge in [0.25, 0.3) is 5.56 Å². The van der Waals surface area contributed by atoms with E-state index in [1.54, 1.807) is 24.3 Å². The fourth-order valence-electron chi connectivity index (χ4n) is 3.26. The van der Waals surface area contributed by atoms with Gasteiger partial charge in [0.1, 0.15) is 5.75 Å².